The average Bonchev–Trinajstić information content (AvgIpc) is 3.91. The van der Waals surface area contributed by atoms with Gasteiger partial charge in [0.25, 0.3) is 0 Å². The van der Waals surface area contributed by atoms with Gasteiger partial charge in [-0.1, -0.05) is 146 Å². The first-order chi connectivity index (χ1) is 35.9. The summed E-state index contributed by atoms with van der Waals surface area (Å²) >= 11 is 0. The van der Waals surface area contributed by atoms with E-state index in [1.807, 2.05) is 60.7 Å². The minimum absolute atomic E-state index is 0.114. The molecule has 0 fully saturated rings. The summed E-state index contributed by atoms with van der Waals surface area (Å²) < 4.78 is 48.8. The zero-order valence-corrected chi connectivity index (χ0v) is 41.0. The van der Waals surface area contributed by atoms with Gasteiger partial charge in [0, 0.05) is 32.7 Å². The Kier molecular flexibility index (Phi) is 10.9. The molecule has 12 rings (SSSR count). The van der Waals surface area contributed by atoms with Crippen molar-refractivity contribution in [2.75, 3.05) is 0 Å². The molecule has 4 nitrogen and oxygen atoms in total. The quantitative estimate of drug-likeness (QED) is 0.147. The lowest BCUT2D eigenvalue weighted by Crippen LogP contribution is -2.07. The van der Waals surface area contributed by atoms with Crippen molar-refractivity contribution < 1.29 is 13.2 Å². The molecular formula is C67H45F3N4. The van der Waals surface area contributed by atoms with Crippen molar-refractivity contribution in [2.24, 2.45) is 0 Å². The van der Waals surface area contributed by atoms with E-state index >= 15 is 0 Å². The van der Waals surface area contributed by atoms with Gasteiger partial charge in [-0.2, -0.15) is 18.4 Å². The van der Waals surface area contributed by atoms with Crippen molar-refractivity contribution >= 4 is 49.3 Å². The van der Waals surface area contributed by atoms with Gasteiger partial charge in [-0.25, -0.2) is 4.85 Å². The molecule has 0 saturated heterocycles. The van der Waals surface area contributed by atoms with Crippen LogP contribution in [0.3, 0.4) is 0 Å². The molecule has 2 heterocycles. The van der Waals surface area contributed by atoms with Crippen LogP contribution < -0.4 is 0 Å². The normalized spacial score (nSPS) is 11.7. The number of alkyl halides is 3. The van der Waals surface area contributed by atoms with Crippen molar-refractivity contribution in [1.29, 1.82) is 5.26 Å². The maximum atomic E-state index is 14.8. The van der Waals surface area contributed by atoms with Crippen LogP contribution in [0.25, 0.3) is 115 Å². The van der Waals surface area contributed by atoms with E-state index in [0.717, 1.165) is 123 Å². The fourth-order valence-electron chi connectivity index (χ4n) is 11.1. The summed E-state index contributed by atoms with van der Waals surface area (Å²) in [7, 11) is 0. The van der Waals surface area contributed by atoms with Gasteiger partial charge in [0.1, 0.15) is 0 Å². The van der Waals surface area contributed by atoms with E-state index in [4.69, 9.17) is 6.57 Å². The van der Waals surface area contributed by atoms with Crippen molar-refractivity contribution in [3.05, 3.63) is 245 Å². The molecule has 0 atom stereocenters. The molecule has 0 aliphatic rings. The number of benzene rings is 10. The standard InChI is InChI=1S/C67H45F3N4/c1-40-14-6-10-18-52(40)44-22-26-56-57-27-23-45(53-19-11-7-15-41(53)2)33-62(57)73(61(56)32-44)65-36-49(39-71)60(48-30-50(67(68,69)70)37-51(31-48)72-5)38-66(65)74-63-34-46(54-20-12-8-16-42(54)3)24-28-58(63)59-29-25-47(35-64(59)74)55-21-13-9-17-43(55)4/h6-38H,1-4H3. The van der Waals surface area contributed by atoms with Gasteiger partial charge in [-0.05, 0) is 155 Å². The van der Waals surface area contributed by atoms with Crippen LogP contribution in [0.2, 0.25) is 0 Å². The largest absolute Gasteiger partial charge is 0.415 e. The smallest absolute Gasteiger partial charge is 0.307 e. The number of hydrogen-bond acceptors (Lipinski definition) is 1. The molecule has 0 radical (unpaired) electrons. The number of fused-ring (bicyclic) bond motifs is 6. The SMILES string of the molecule is [C-]#[N+]c1cc(-c2cc(-n3c4cc(-c5ccccc5C)ccc4c4ccc(-c5ccccc5C)cc43)c(-n3c4cc(-c5ccccc5C)ccc4c4ccc(-c5ccccc5C)cc43)cc2C#N)cc(C(F)(F)F)c1. The lowest BCUT2D eigenvalue weighted by atomic mass is 9.95. The van der Waals surface area contributed by atoms with Crippen molar-refractivity contribution in [3.63, 3.8) is 0 Å². The predicted octanol–water partition coefficient (Wildman–Crippen LogP) is 18.9. The van der Waals surface area contributed by atoms with Crippen molar-refractivity contribution in [1.82, 2.24) is 9.13 Å². The Labute approximate surface area is 426 Å². The number of aryl methyl sites for hydroxylation is 4. The molecule has 0 amide bonds. The molecule has 0 unspecified atom stereocenters. The van der Waals surface area contributed by atoms with E-state index in [1.165, 1.54) is 6.07 Å². The highest BCUT2D eigenvalue weighted by Gasteiger charge is 2.32. The predicted molar refractivity (Wildman–Crippen MR) is 297 cm³/mol. The molecule has 0 spiro atoms. The van der Waals surface area contributed by atoms with Crippen LogP contribution in [-0.2, 0) is 6.18 Å². The molecule has 0 bridgehead atoms. The Morgan fingerprint density at radius 3 is 1.08 bits per heavy atom. The fourth-order valence-corrected chi connectivity index (χ4v) is 11.1. The van der Waals surface area contributed by atoms with Gasteiger partial charge in [0.05, 0.1) is 51.6 Å². The zero-order chi connectivity index (χ0) is 51.0. The number of nitrogens with zero attached hydrogens (tertiary/aromatic N) is 4. The Morgan fingerprint density at radius 2 is 0.757 bits per heavy atom. The number of hydrogen-bond donors (Lipinski definition) is 0. The van der Waals surface area contributed by atoms with Crippen LogP contribution in [0, 0.1) is 45.6 Å². The van der Waals surface area contributed by atoms with Crippen LogP contribution in [0.4, 0.5) is 18.9 Å². The molecule has 12 aromatic rings. The van der Waals surface area contributed by atoms with Crippen molar-refractivity contribution in [2.45, 2.75) is 33.9 Å². The molecule has 0 saturated carbocycles. The van der Waals surface area contributed by atoms with E-state index in [2.05, 4.69) is 169 Å². The lowest BCUT2D eigenvalue weighted by Gasteiger charge is -2.21. The summed E-state index contributed by atoms with van der Waals surface area (Å²) in [5.41, 5.74) is 16.9. The highest BCUT2D eigenvalue weighted by molar-refractivity contribution is 6.14. The Morgan fingerprint density at radius 1 is 0.405 bits per heavy atom. The lowest BCUT2D eigenvalue weighted by molar-refractivity contribution is -0.137. The van der Waals surface area contributed by atoms with Crippen LogP contribution in [-0.4, -0.2) is 9.13 Å². The highest BCUT2D eigenvalue weighted by atomic mass is 19.4. The zero-order valence-electron chi connectivity index (χ0n) is 41.0. The van der Waals surface area contributed by atoms with Crippen LogP contribution in [0.5, 0.6) is 0 Å². The maximum absolute atomic E-state index is 14.8. The summed E-state index contributed by atoms with van der Waals surface area (Å²) in [5.74, 6) is 0. The van der Waals surface area contributed by atoms with Crippen LogP contribution in [0.1, 0.15) is 33.4 Å². The number of halogens is 3. The number of nitriles is 1. The van der Waals surface area contributed by atoms with Crippen LogP contribution >= 0.6 is 0 Å². The van der Waals surface area contributed by atoms with Gasteiger partial charge in [-0.15, -0.1) is 0 Å². The van der Waals surface area contributed by atoms with Gasteiger partial charge in [0.15, 0.2) is 5.69 Å². The first kappa shape index (κ1) is 45.7. The summed E-state index contributed by atoms with van der Waals surface area (Å²) in [4.78, 5) is 3.49. The van der Waals surface area contributed by atoms with E-state index in [9.17, 15) is 18.4 Å². The Hall–Kier alpha value is -9.43. The third-order valence-electron chi connectivity index (χ3n) is 14.8. The maximum Gasteiger partial charge on any atom is 0.415 e. The molecule has 2 aromatic heterocycles. The Bertz CT molecular complexity index is 4180. The summed E-state index contributed by atoms with van der Waals surface area (Å²) in [6, 6.07) is 68.7. The first-order valence-electron chi connectivity index (χ1n) is 24.5. The molecule has 0 aliphatic carbocycles. The second-order valence-electron chi connectivity index (χ2n) is 19.2. The fraction of sp³-hybridized carbons (Fsp3) is 0.0746. The molecule has 354 valence electrons. The molecule has 7 heteroatoms. The van der Waals surface area contributed by atoms with Gasteiger partial charge in [-0.3, -0.25) is 0 Å². The summed E-state index contributed by atoms with van der Waals surface area (Å²) in [6.07, 6.45) is -4.75. The van der Waals surface area contributed by atoms with E-state index in [1.54, 1.807) is 0 Å². The highest BCUT2D eigenvalue weighted by Crippen LogP contribution is 2.46. The van der Waals surface area contributed by atoms with Crippen molar-refractivity contribution in [3.8, 4) is 73.1 Å². The van der Waals surface area contributed by atoms with E-state index in [-0.39, 0.29) is 22.4 Å². The minimum Gasteiger partial charge on any atom is -0.307 e. The summed E-state index contributed by atoms with van der Waals surface area (Å²) in [5, 5.41) is 15.3. The molecule has 74 heavy (non-hydrogen) atoms. The second-order valence-corrected chi connectivity index (χ2v) is 19.2. The first-order valence-corrected chi connectivity index (χ1v) is 24.5. The average molecular weight is 963 g/mol. The molecule has 0 N–H and O–H groups in total. The third kappa shape index (κ3) is 7.61. The van der Waals surface area contributed by atoms with Gasteiger partial charge < -0.3 is 9.13 Å². The van der Waals surface area contributed by atoms with E-state index < -0.39 is 11.7 Å². The van der Waals surface area contributed by atoms with Crippen LogP contribution in [0.15, 0.2) is 200 Å². The van der Waals surface area contributed by atoms with Gasteiger partial charge >= 0.3 is 6.18 Å². The summed E-state index contributed by atoms with van der Waals surface area (Å²) in [6.45, 7) is 16.3. The molecule has 0 aliphatic heterocycles. The third-order valence-corrected chi connectivity index (χ3v) is 14.8. The topological polar surface area (TPSA) is 38.0 Å². The Balaban J connectivity index is 1.28. The monoisotopic (exact) mass is 962 g/mol. The number of rotatable bonds is 7. The second kappa shape index (κ2) is 17.7. The minimum atomic E-state index is -4.75. The molecular weight excluding hydrogens is 918 g/mol. The number of aromatic nitrogens is 2. The van der Waals surface area contributed by atoms with E-state index in [0.29, 0.717) is 11.4 Å². The van der Waals surface area contributed by atoms with Gasteiger partial charge in [0.2, 0.25) is 0 Å². The molecule has 10 aromatic carbocycles.